The first-order valence-corrected chi connectivity index (χ1v) is 10.1. The van der Waals surface area contributed by atoms with E-state index in [-0.39, 0.29) is 55.3 Å². The molecule has 2 aromatic carbocycles. The summed E-state index contributed by atoms with van der Waals surface area (Å²) in [6, 6.07) is 6.51. The molecule has 1 fully saturated rings. The first kappa shape index (κ1) is 24.8. The van der Waals surface area contributed by atoms with Crippen molar-refractivity contribution in [3.63, 3.8) is 0 Å². The molecular weight excluding hydrogens is 462 g/mol. The summed E-state index contributed by atoms with van der Waals surface area (Å²) in [7, 11) is 1.23. The van der Waals surface area contributed by atoms with Crippen molar-refractivity contribution in [3.05, 3.63) is 59.2 Å². The van der Waals surface area contributed by atoms with Gasteiger partial charge in [-0.25, -0.2) is 8.78 Å². The minimum absolute atomic E-state index is 0.00587. The zero-order chi connectivity index (χ0) is 24.8. The lowest BCUT2D eigenvalue weighted by atomic mass is 10.1. The molecule has 34 heavy (non-hydrogen) atoms. The summed E-state index contributed by atoms with van der Waals surface area (Å²) >= 11 is 0. The standard InChI is InChI=1S/C22H21F4N3O5/c1-33-18-11-13(3-5-17(18)34-22(25)26)20(31)27-12-19(30)28-6-8-29(9-7-28)21(32)14-2-4-15(23)16(24)10-14/h2-5,10-11,22H,6-9,12H2,1H3,(H,27,31). The van der Waals surface area contributed by atoms with E-state index in [1.165, 1.54) is 35.1 Å². The van der Waals surface area contributed by atoms with Crippen LogP contribution in [0.2, 0.25) is 0 Å². The lowest BCUT2D eigenvalue weighted by Crippen LogP contribution is -2.52. The Morgan fingerprint density at radius 3 is 2.18 bits per heavy atom. The molecule has 2 aromatic rings. The quantitative estimate of drug-likeness (QED) is 0.611. The zero-order valence-electron chi connectivity index (χ0n) is 18.0. The Balaban J connectivity index is 1.51. The van der Waals surface area contributed by atoms with Gasteiger partial charge < -0.3 is 24.6 Å². The first-order valence-electron chi connectivity index (χ1n) is 10.1. The predicted molar refractivity (Wildman–Crippen MR) is 111 cm³/mol. The summed E-state index contributed by atoms with van der Waals surface area (Å²) in [6.45, 7) is -2.64. The van der Waals surface area contributed by atoms with Gasteiger partial charge in [-0.2, -0.15) is 8.78 Å². The molecule has 182 valence electrons. The Hall–Kier alpha value is -3.83. The van der Waals surface area contributed by atoms with Crippen LogP contribution >= 0.6 is 0 Å². The summed E-state index contributed by atoms with van der Waals surface area (Å²) in [5.41, 5.74) is 0.0829. The maximum atomic E-state index is 13.4. The largest absolute Gasteiger partial charge is 0.493 e. The minimum atomic E-state index is -3.06. The van der Waals surface area contributed by atoms with Crippen LogP contribution in [-0.4, -0.2) is 74.0 Å². The molecule has 0 bridgehead atoms. The van der Waals surface area contributed by atoms with Gasteiger partial charge in [0.1, 0.15) is 0 Å². The average Bonchev–Trinajstić information content (AvgIpc) is 2.83. The van der Waals surface area contributed by atoms with Gasteiger partial charge in [-0.3, -0.25) is 14.4 Å². The highest BCUT2D eigenvalue weighted by Gasteiger charge is 2.25. The number of halogens is 4. The second-order valence-electron chi connectivity index (χ2n) is 7.23. The SMILES string of the molecule is COc1cc(C(=O)NCC(=O)N2CCN(C(=O)c3ccc(F)c(F)c3)CC2)ccc1OC(F)F. The summed E-state index contributed by atoms with van der Waals surface area (Å²) in [5, 5.41) is 2.45. The van der Waals surface area contributed by atoms with Gasteiger partial charge in [-0.15, -0.1) is 0 Å². The Morgan fingerprint density at radius 2 is 1.56 bits per heavy atom. The molecule has 0 unspecified atom stereocenters. The highest BCUT2D eigenvalue weighted by atomic mass is 19.3. The molecular formula is C22H21F4N3O5. The maximum absolute atomic E-state index is 13.4. The Bertz CT molecular complexity index is 1070. The molecule has 0 aromatic heterocycles. The van der Waals surface area contributed by atoms with Gasteiger partial charge in [0, 0.05) is 37.3 Å². The van der Waals surface area contributed by atoms with Crippen LogP contribution < -0.4 is 14.8 Å². The van der Waals surface area contributed by atoms with Crippen LogP contribution in [0.3, 0.4) is 0 Å². The number of methoxy groups -OCH3 is 1. The van der Waals surface area contributed by atoms with Crippen LogP contribution in [0.1, 0.15) is 20.7 Å². The third-order valence-corrected chi connectivity index (χ3v) is 5.13. The molecule has 12 heteroatoms. The number of carbonyl (C=O) groups excluding carboxylic acids is 3. The minimum Gasteiger partial charge on any atom is -0.493 e. The van der Waals surface area contributed by atoms with Crippen LogP contribution in [0.4, 0.5) is 17.6 Å². The number of ether oxygens (including phenoxy) is 2. The van der Waals surface area contributed by atoms with Crippen molar-refractivity contribution in [3.8, 4) is 11.5 Å². The molecule has 1 N–H and O–H groups in total. The van der Waals surface area contributed by atoms with E-state index in [4.69, 9.17) is 4.74 Å². The third-order valence-electron chi connectivity index (χ3n) is 5.13. The zero-order valence-corrected chi connectivity index (χ0v) is 18.0. The fourth-order valence-corrected chi connectivity index (χ4v) is 3.34. The molecule has 1 aliphatic heterocycles. The lowest BCUT2D eigenvalue weighted by molar-refractivity contribution is -0.131. The van der Waals surface area contributed by atoms with E-state index < -0.39 is 36.0 Å². The van der Waals surface area contributed by atoms with Crippen LogP contribution in [0.15, 0.2) is 36.4 Å². The molecule has 0 atom stereocenters. The van der Waals surface area contributed by atoms with E-state index in [1.54, 1.807) is 0 Å². The number of carbonyl (C=O) groups is 3. The number of hydrogen-bond acceptors (Lipinski definition) is 5. The van der Waals surface area contributed by atoms with E-state index >= 15 is 0 Å². The van der Waals surface area contributed by atoms with E-state index in [1.807, 2.05) is 0 Å². The van der Waals surface area contributed by atoms with Crippen LogP contribution in [-0.2, 0) is 4.79 Å². The highest BCUT2D eigenvalue weighted by molar-refractivity contribution is 5.97. The second kappa shape index (κ2) is 10.9. The lowest BCUT2D eigenvalue weighted by Gasteiger charge is -2.34. The van der Waals surface area contributed by atoms with E-state index in [9.17, 15) is 31.9 Å². The fourth-order valence-electron chi connectivity index (χ4n) is 3.34. The molecule has 1 aliphatic rings. The number of hydrogen-bond donors (Lipinski definition) is 1. The molecule has 0 saturated carbocycles. The maximum Gasteiger partial charge on any atom is 0.387 e. The number of amides is 3. The second-order valence-corrected chi connectivity index (χ2v) is 7.23. The van der Waals surface area contributed by atoms with Crippen molar-refractivity contribution < 1.29 is 41.4 Å². The van der Waals surface area contributed by atoms with Crippen LogP contribution in [0.5, 0.6) is 11.5 Å². The summed E-state index contributed by atoms with van der Waals surface area (Å²) in [4.78, 5) is 40.1. The topological polar surface area (TPSA) is 88.2 Å². The van der Waals surface area contributed by atoms with Crippen molar-refractivity contribution in [2.24, 2.45) is 0 Å². The molecule has 0 radical (unpaired) electrons. The molecule has 3 amide bonds. The van der Waals surface area contributed by atoms with Crippen molar-refractivity contribution >= 4 is 17.7 Å². The molecule has 8 nitrogen and oxygen atoms in total. The monoisotopic (exact) mass is 483 g/mol. The van der Waals surface area contributed by atoms with Gasteiger partial charge in [0.2, 0.25) is 5.91 Å². The molecule has 3 rings (SSSR count). The van der Waals surface area contributed by atoms with E-state index in [0.717, 1.165) is 18.2 Å². The van der Waals surface area contributed by atoms with E-state index in [0.29, 0.717) is 0 Å². The van der Waals surface area contributed by atoms with Gasteiger partial charge >= 0.3 is 6.61 Å². The fraction of sp³-hybridized carbons (Fsp3) is 0.318. The molecule has 0 aliphatic carbocycles. The van der Waals surface area contributed by atoms with Crippen molar-refractivity contribution in [1.29, 1.82) is 0 Å². The number of nitrogens with one attached hydrogen (secondary N) is 1. The predicted octanol–water partition coefficient (Wildman–Crippen LogP) is 2.29. The van der Waals surface area contributed by atoms with Gasteiger partial charge in [0.15, 0.2) is 23.1 Å². The Labute approximate surface area is 192 Å². The van der Waals surface area contributed by atoms with Crippen molar-refractivity contribution in [1.82, 2.24) is 15.1 Å². The number of benzene rings is 2. The van der Waals surface area contributed by atoms with Crippen molar-refractivity contribution in [2.75, 3.05) is 39.8 Å². The summed E-state index contributed by atoms with van der Waals surface area (Å²) in [5.74, 6) is -3.97. The average molecular weight is 483 g/mol. The van der Waals surface area contributed by atoms with Crippen molar-refractivity contribution in [2.45, 2.75) is 6.61 Å². The van der Waals surface area contributed by atoms with Gasteiger partial charge in [-0.05, 0) is 36.4 Å². The van der Waals surface area contributed by atoms with Crippen LogP contribution in [0.25, 0.3) is 0 Å². The molecule has 1 saturated heterocycles. The van der Waals surface area contributed by atoms with Crippen LogP contribution in [0, 0.1) is 11.6 Å². The molecule has 1 heterocycles. The van der Waals surface area contributed by atoms with Gasteiger partial charge in [-0.1, -0.05) is 0 Å². The highest BCUT2D eigenvalue weighted by Crippen LogP contribution is 2.29. The Kier molecular flexibility index (Phi) is 7.92. The third kappa shape index (κ3) is 5.94. The van der Waals surface area contributed by atoms with Gasteiger partial charge in [0.25, 0.3) is 11.8 Å². The number of piperazine rings is 1. The number of alkyl halides is 2. The summed E-state index contributed by atoms with van der Waals surface area (Å²) in [6.07, 6.45) is 0. The smallest absolute Gasteiger partial charge is 0.387 e. The van der Waals surface area contributed by atoms with E-state index in [2.05, 4.69) is 10.1 Å². The summed E-state index contributed by atoms with van der Waals surface area (Å²) < 4.78 is 60.5. The Morgan fingerprint density at radius 1 is 0.912 bits per heavy atom. The normalized spacial score (nSPS) is 13.6. The van der Waals surface area contributed by atoms with Gasteiger partial charge in [0.05, 0.1) is 13.7 Å². The first-order chi connectivity index (χ1) is 16.2. The molecule has 0 spiro atoms. The number of nitrogens with zero attached hydrogens (tertiary/aromatic N) is 2. The number of rotatable bonds is 7.